The Morgan fingerprint density at radius 3 is 2.67 bits per heavy atom. The highest BCUT2D eigenvalue weighted by Gasteiger charge is 2.13. The lowest BCUT2D eigenvalue weighted by molar-refractivity contribution is 0.0996. The lowest BCUT2D eigenvalue weighted by atomic mass is 10.1. The van der Waals surface area contributed by atoms with Gasteiger partial charge in [0.15, 0.2) is 11.6 Å². The number of hydrogen-bond donors (Lipinski definition) is 2. The first kappa shape index (κ1) is 14.6. The molecule has 0 aliphatic carbocycles. The molecule has 5 nitrogen and oxygen atoms in total. The number of rotatable bonds is 5. The molecule has 2 aromatic carbocycles. The minimum absolute atomic E-state index is 0.0766. The zero-order valence-corrected chi connectivity index (χ0v) is 11.4. The Labute approximate surface area is 121 Å². The first-order valence-electron chi connectivity index (χ1n) is 6.16. The molecule has 6 heteroatoms. The summed E-state index contributed by atoms with van der Waals surface area (Å²) < 4.78 is 24.4. The Balaban J connectivity index is 2.24. The zero-order valence-electron chi connectivity index (χ0n) is 11.4. The molecule has 0 aromatic heterocycles. The van der Waals surface area contributed by atoms with Crippen molar-refractivity contribution in [2.24, 2.45) is 5.73 Å². The third kappa shape index (κ3) is 3.22. The molecule has 0 atom stereocenters. The van der Waals surface area contributed by atoms with Gasteiger partial charge in [0.05, 0.1) is 12.7 Å². The Morgan fingerprint density at radius 1 is 1.24 bits per heavy atom. The van der Waals surface area contributed by atoms with E-state index in [0.29, 0.717) is 11.3 Å². The van der Waals surface area contributed by atoms with Crippen molar-refractivity contribution in [1.82, 2.24) is 0 Å². The van der Waals surface area contributed by atoms with E-state index < -0.39 is 11.7 Å². The molecule has 2 aromatic rings. The van der Waals surface area contributed by atoms with Gasteiger partial charge in [-0.3, -0.25) is 4.79 Å². The molecule has 0 saturated heterocycles. The fourth-order valence-corrected chi connectivity index (χ4v) is 1.84. The summed E-state index contributed by atoms with van der Waals surface area (Å²) in [4.78, 5) is 11.3. The van der Waals surface area contributed by atoms with Crippen molar-refractivity contribution in [2.75, 3.05) is 12.8 Å². The summed E-state index contributed by atoms with van der Waals surface area (Å²) in [5.74, 6) is -0.816. The lowest BCUT2D eigenvalue weighted by Crippen LogP contribution is -2.13. The highest BCUT2D eigenvalue weighted by Crippen LogP contribution is 2.25. The molecule has 2 rings (SSSR count). The third-order valence-corrected chi connectivity index (χ3v) is 2.92. The number of amides is 1. The van der Waals surface area contributed by atoms with Crippen molar-refractivity contribution in [1.29, 1.82) is 0 Å². The van der Waals surface area contributed by atoms with E-state index in [9.17, 15) is 9.18 Å². The molecule has 1 amide bonds. The van der Waals surface area contributed by atoms with Crippen LogP contribution in [-0.4, -0.2) is 13.0 Å². The van der Waals surface area contributed by atoms with Crippen LogP contribution in [0.25, 0.3) is 0 Å². The molecular weight excluding hydrogens is 275 g/mol. The number of carbonyl (C=O) groups is 1. The van der Waals surface area contributed by atoms with Gasteiger partial charge >= 0.3 is 0 Å². The largest absolute Gasteiger partial charge is 0.494 e. The maximum Gasteiger partial charge on any atom is 0.252 e. The molecule has 0 aliphatic heterocycles. The second-order valence-corrected chi connectivity index (χ2v) is 4.34. The number of halogens is 1. The first-order chi connectivity index (χ1) is 10.0. The Morgan fingerprint density at radius 2 is 2.00 bits per heavy atom. The predicted molar refractivity (Wildman–Crippen MR) is 76.7 cm³/mol. The number of benzene rings is 2. The van der Waals surface area contributed by atoms with E-state index >= 15 is 0 Å². The van der Waals surface area contributed by atoms with Crippen molar-refractivity contribution in [3.8, 4) is 11.5 Å². The standard InChI is InChI=1S/C15H15FN2O3/c1-20-12-4-2-3-9(14(12)16)8-21-13-7-10(17)5-6-11(13)15(18)19/h2-7H,8,17H2,1H3,(H2,18,19). The molecule has 0 bridgehead atoms. The molecule has 0 radical (unpaired) electrons. The summed E-state index contributed by atoms with van der Waals surface area (Å²) in [7, 11) is 1.38. The minimum Gasteiger partial charge on any atom is -0.494 e. The molecule has 4 N–H and O–H groups in total. The molecule has 0 saturated carbocycles. The van der Waals surface area contributed by atoms with E-state index in [1.54, 1.807) is 18.2 Å². The summed E-state index contributed by atoms with van der Waals surface area (Å²) in [6, 6.07) is 9.20. The number of anilines is 1. The van der Waals surface area contributed by atoms with Gasteiger partial charge in [-0.1, -0.05) is 12.1 Å². The highest BCUT2D eigenvalue weighted by atomic mass is 19.1. The Bertz CT molecular complexity index is 674. The van der Waals surface area contributed by atoms with Crippen LogP contribution in [0.4, 0.5) is 10.1 Å². The maximum atomic E-state index is 14.0. The van der Waals surface area contributed by atoms with Crippen LogP contribution < -0.4 is 20.9 Å². The second-order valence-electron chi connectivity index (χ2n) is 4.34. The van der Waals surface area contributed by atoms with Crippen molar-refractivity contribution >= 4 is 11.6 Å². The van der Waals surface area contributed by atoms with Gasteiger partial charge in [-0.2, -0.15) is 0 Å². The predicted octanol–water partition coefficient (Wildman–Crippen LogP) is 2.09. The highest BCUT2D eigenvalue weighted by molar-refractivity contribution is 5.96. The van der Waals surface area contributed by atoms with Gasteiger partial charge in [-0.15, -0.1) is 0 Å². The van der Waals surface area contributed by atoms with Gasteiger partial charge in [0.25, 0.3) is 5.91 Å². The molecular formula is C15H15FN2O3. The summed E-state index contributed by atoms with van der Waals surface area (Å²) in [6.45, 7) is -0.0766. The van der Waals surface area contributed by atoms with Gasteiger partial charge in [0, 0.05) is 17.3 Å². The third-order valence-electron chi connectivity index (χ3n) is 2.92. The normalized spacial score (nSPS) is 10.2. The zero-order chi connectivity index (χ0) is 15.4. The Kier molecular flexibility index (Phi) is 4.27. The van der Waals surface area contributed by atoms with E-state index in [-0.39, 0.29) is 23.7 Å². The topological polar surface area (TPSA) is 87.6 Å². The summed E-state index contributed by atoms with van der Waals surface area (Å²) in [6.07, 6.45) is 0. The number of hydrogen-bond acceptors (Lipinski definition) is 4. The number of methoxy groups -OCH3 is 1. The number of nitrogen functional groups attached to an aromatic ring is 1. The van der Waals surface area contributed by atoms with Gasteiger partial charge in [0.2, 0.25) is 0 Å². The van der Waals surface area contributed by atoms with E-state index in [1.165, 1.54) is 25.3 Å². The fraction of sp³-hybridized carbons (Fsp3) is 0.133. The van der Waals surface area contributed by atoms with Crippen LogP contribution in [0.15, 0.2) is 36.4 Å². The van der Waals surface area contributed by atoms with E-state index in [1.807, 2.05) is 0 Å². The SMILES string of the molecule is COc1cccc(COc2cc(N)ccc2C(N)=O)c1F. The second kappa shape index (κ2) is 6.13. The maximum absolute atomic E-state index is 14.0. The molecule has 0 unspecified atom stereocenters. The quantitative estimate of drug-likeness (QED) is 0.825. The van der Waals surface area contributed by atoms with Crippen LogP contribution in [0.5, 0.6) is 11.5 Å². The molecule has 21 heavy (non-hydrogen) atoms. The molecule has 0 spiro atoms. The number of nitrogens with two attached hydrogens (primary N) is 2. The van der Waals surface area contributed by atoms with E-state index in [4.69, 9.17) is 20.9 Å². The molecule has 110 valence electrons. The van der Waals surface area contributed by atoms with E-state index in [0.717, 1.165) is 0 Å². The van der Waals surface area contributed by atoms with Crippen molar-refractivity contribution < 1.29 is 18.7 Å². The van der Waals surface area contributed by atoms with Crippen LogP contribution in [0, 0.1) is 5.82 Å². The lowest BCUT2D eigenvalue weighted by Gasteiger charge is -2.12. The van der Waals surface area contributed by atoms with Crippen LogP contribution >= 0.6 is 0 Å². The minimum atomic E-state index is -0.642. The van der Waals surface area contributed by atoms with Gasteiger partial charge < -0.3 is 20.9 Å². The van der Waals surface area contributed by atoms with Crippen molar-refractivity contribution in [2.45, 2.75) is 6.61 Å². The van der Waals surface area contributed by atoms with Gasteiger partial charge in [0.1, 0.15) is 12.4 Å². The first-order valence-corrected chi connectivity index (χ1v) is 6.16. The summed E-state index contributed by atoms with van der Waals surface area (Å²) in [5, 5.41) is 0. The van der Waals surface area contributed by atoms with Crippen molar-refractivity contribution in [3.63, 3.8) is 0 Å². The number of carbonyl (C=O) groups excluding carboxylic acids is 1. The fourth-order valence-electron chi connectivity index (χ4n) is 1.84. The molecule has 0 heterocycles. The van der Waals surface area contributed by atoms with Crippen LogP contribution in [0.3, 0.4) is 0 Å². The van der Waals surface area contributed by atoms with Crippen LogP contribution in [0.2, 0.25) is 0 Å². The molecule has 0 aliphatic rings. The monoisotopic (exact) mass is 290 g/mol. The Hall–Kier alpha value is -2.76. The van der Waals surface area contributed by atoms with E-state index in [2.05, 4.69) is 0 Å². The summed E-state index contributed by atoms with van der Waals surface area (Å²) in [5.41, 5.74) is 11.8. The number of ether oxygens (including phenoxy) is 2. The number of primary amides is 1. The smallest absolute Gasteiger partial charge is 0.252 e. The van der Waals surface area contributed by atoms with Crippen molar-refractivity contribution in [3.05, 3.63) is 53.3 Å². The van der Waals surface area contributed by atoms with Crippen LogP contribution in [0.1, 0.15) is 15.9 Å². The van der Waals surface area contributed by atoms with Gasteiger partial charge in [-0.25, -0.2) is 4.39 Å². The average Bonchev–Trinajstić information content (AvgIpc) is 2.46. The molecule has 0 fully saturated rings. The average molecular weight is 290 g/mol. The summed E-state index contributed by atoms with van der Waals surface area (Å²) >= 11 is 0. The van der Waals surface area contributed by atoms with Crippen LogP contribution in [-0.2, 0) is 6.61 Å². The van der Waals surface area contributed by atoms with Gasteiger partial charge in [-0.05, 0) is 18.2 Å².